The Balaban J connectivity index is 2.59. The first-order chi connectivity index (χ1) is 6.78. The van der Waals surface area contributed by atoms with E-state index in [0.29, 0.717) is 0 Å². The van der Waals surface area contributed by atoms with Gasteiger partial charge in [-0.25, -0.2) is 0 Å². The molecule has 88 valence electrons. The van der Waals surface area contributed by atoms with Crippen molar-refractivity contribution in [3.63, 3.8) is 0 Å². The molecule has 0 radical (unpaired) electrons. The van der Waals surface area contributed by atoms with Crippen LogP contribution < -0.4 is 5.73 Å². The highest BCUT2D eigenvalue weighted by atomic mass is 19.4. The SMILES string of the molecule is NC(CN1CC[C@](O)(C(F)(F)F)C1)=NO. The zero-order valence-electron chi connectivity index (χ0n) is 7.83. The maximum Gasteiger partial charge on any atom is 0.418 e. The van der Waals surface area contributed by atoms with Crippen molar-refractivity contribution in [3.05, 3.63) is 0 Å². The summed E-state index contributed by atoms with van der Waals surface area (Å²) >= 11 is 0. The van der Waals surface area contributed by atoms with Gasteiger partial charge in [-0.1, -0.05) is 5.16 Å². The van der Waals surface area contributed by atoms with Crippen LogP contribution in [0, 0.1) is 0 Å². The smallest absolute Gasteiger partial charge is 0.409 e. The van der Waals surface area contributed by atoms with Crippen LogP contribution in [-0.2, 0) is 0 Å². The molecule has 15 heavy (non-hydrogen) atoms. The Morgan fingerprint density at radius 2 is 2.13 bits per heavy atom. The van der Waals surface area contributed by atoms with Crippen molar-refractivity contribution in [1.29, 1.82) is 0 Å². The number of nitrogens with two attached hydrogens (primary N) is 1. The summed E-state index contributed by atoms with van der Waals surface area (Å²) in [6.45, 7) is -0.576. The molecular formula is C7H12F3N3O2. The standard InChI is InChI=1S/C7H12F3N3O2/c8-7(9,10)6(14)1-2-13(4-6)3-5(11)12-15/h14-15H,1-4H2,(H2,11,12)/t6-/m1/s1. The largest absolute Gasteiger partial charge is 0.418 e. The quantitative estimate of drug-likeness (QED) is 0.262. The van der Waals surface area contributed by atoms with Crippen molar-refractivity contribution < 1.29 is 23.5 Å². The second-order valence-electron chi connectivity index (χ2n) is 3.58. The van der Waals surface area contributed by atoms with Crippen LogP contribution in [0.5, 0.6) is 0 Å². The summed E-state index contributed by atoms with van der Waals surface area (Å²) < 4.78 is 37.1. The van der Waals surface area contributed by atoms with E-state index in [0.717, 1.165) is 0 Å². The number of likely N-dealkylation sites (tertiary alicyclic amines) is 1. The van der Waals surface area contributed by atoms with Gasteiger partial charge in [0.1, 0.15) is 0 Å². The molecule has 4 N–H and O–H groups in total. The number of amidine groups is 1. The lowest BCUT2D eigenvalue weighted by Crippen LogP contribution is -2.48. The van der Waals surface area contributed by atoms with Crippen molar-refractivity contribution in [2.45, 2.75) is 18.2 Å². The first-order valence-electron chi connectivity index (χ1n) is 4.26. The van der Waals surface area contributed by atoms with Crippen LogP contribution in [0.4, 0.5) is 13.2 Å². The van der Waals surface area contributed by atoms with Gasteiger partial charge in [0.15, 0.2) is 11.4 Å². The lowest BCUT2D eigenvalue weighted by atomic mass is 10.0. The van der Waals surface area contributed by atoms with Gasteiger partial charge in [0.25, 0.3) is 0 Å². The number of oxime groups is 1. The van der Waals surface area contributed by atoms with Crippen LogP contribution in [0.1, 0.15) is 6.42 Å². The van der Waals surface area contributed by atoms with Crippen molar-refractivity contribution >= 4 is 5.84 Å². The van der Waals surface area contributed by atoms with Gasteiger partial charge < -0.3 is 16.0 Å². The summed E-state index contributed by atoms with van der Waals surface area (Å²) in [5.41, 5.74) is 2.47. The Kier molecular flexibility index (Phi) is 3.10. The van der Waals surface area contributed by atoms with E-state index < -0.39 is 24.7 Å². The van der Waals surface area contributed by atoms with E-state index >= 15 is 0 Å². The fourth-order valence-corrected chi connectivity index (χ4v) is 1.50. The van der Waals surface area contributed by atoms with Crippen molar-refractivity contribution in [2.75, 3.05) is 19.6 Å². The van der Waals surface area contributed by atoms with Crippen LogP contribution in [0.2, 0.25) is 0 Å². The van der Waals surface area contributed by atoms with Crippen LogP contribution in [0.15, 0.2) is 5.16 Å². The van der Waals surface area contributed by atoms with Crippen molar-refractivity contribution in [1.82, 2.24) is 4.90 Å². The summed E-state index contributed by atoms with van der Waals surface area (Å²) in [6.07, 6.45) is -5.04. The van der Waals surface area contributed by atoms with Gasteiger partial charge in [-0.2, -0.15) is 13.2 Å². The predicted molar refractivity (Wildman–Crippen MR) is 45.5 cm³/mol. The molecule has 1 saturated heterocycles. The first-order valence-corrected chi connectivity index (χ1v) is 4.26. The monoisotopic (exact) mass is 227 g/mol. The van der Waals surface area contributed by atoms with Crippen LogP contribution in [0.25, 0.3) is 0 Å². The molecule has 1 heterocycles. The van der Waals surface area contributed by atoms with E-state index in [1.54, 1.807) is 0 Å². The van der Waals surface area contributed by atoms with Crippen molar-refractivity contribution in [2.24, 2.45) is 10.9 Å². The molecule has 1 aliphatic rings. The van der Waals surface area contributed by atoms with E-state index in [9.17, 15) is 18.3 Å². The van der Waals surface area contributed by atoms with Gasteiger partial charge in [0.2, 0.25) is 0 Å². The van der Waals surface area contributed by atoms with Gasteiger partial charge in [0, 0.05) is 13.1 Å². The minimum absolute atomic E-state index is 0.0617. The van der Waals surface area contributed by atoms with E-state index in [1.165, 1.54) is 4.90 Å². The predicted octanol–water partition coefficient (Wildman–Crippen LogP) is -0.268. The van der Waals surface area contributed by atoms with Gasteiger partial charge in [-0.05, 0) is 6.42 Å². The molecular weight excluding hydrogens is 215 g/mol. The van der Waals surface area contributed by atoms with Crippen LogP contribution in [0.3, 0.4) is 0 Å². The average Bonchev–Trinajstić information content (AvgIpc) is 2.47. The molecule has 1 atom stereocenters. The highest BCUT2D eigenvalue weighted by Gasteiger charge is 2.56. The third-order valence-corrected chi connectivity index (χ3v) is 2.37. The molecule has 0 amide bonds. The topological polar surface area (TPSA) is 82.1 Å². The van der Waals surface area contributed by atoms with E-state index in [4.69, 9.17) is 10.9 Å². The molecule has 0 unspecified atom stereocenters. The van der Waals surface area contributed by atoms with E-state index in [2.05, 4.69) is 5.16 Å². The van der Waals surface area contributed by atoms with Gasteiger partial charge in [0.05, 0.1) is 6.54 Å². The Hall–Kier alpha value is -1.02. The molecule has 0 spiro atoms. The van der Waals surface area contributed by atoms with Gasteiger partial charge in [-0.3, -0.25) is 4.90 Å². The third kappa shape index (κ3) is 2.51. The molecule has 0 saturated carbocycles. The number of β-amino-alcohol motifs (C(OH)–C–C–N with tert-alkyl or cyclic N) is 1. The normalized spacial score (nSPS) is 29.7. The first kappa shape index (κ1) is 12.1. The van der Waals surface area contributed by atoms with Gasteiger partial charge in [-0.15, -0.1) is 0 Å². The van der Waals surface area contributed by atoms with Crippen molar-refractivity contribution in [3.8, 4) is 0 Å². The zero-order valence-corrected chi connectivity index (χ0v) is 7.83. The number of rotatable bonds is 2. The number of nitrogens with zero attached hydrogens (tertiary/aromatic N) is 2. The van der Waals surface area contributed by atoms with Crippen LogP contribution >= 0.6 is 0 Å². The minimum Gasteiger partial charge on any atom is -0.409 e. The zero-order chi connectivity index (χ0) is 11.7. The Morgan fingerprint density at radius 1 is 1.53 bits per heavy atom. The number of aliphatic hydroxyl groups is 1. The molecule has 1 fully saturated rings. The Bertz CT molecular complexity index is 269. The highest BCUT2D eigenvalue weighted by molar-refractivity contribution is 5.81. The summed E-state index contributed by atoms with van der Waals surface area (Å²) in [7, 11) is 0. The fraction of sp³-hybridized carbons (Fsp3) is 0.857. The number of alkyl halides is 3. The molecule has 0 aromatic rings. The summed E-state index contributed by atoms with van der Waals surface area (Å²) in [5, 5.41) is 20.2. The average molecular weight is 227 g/mol. The maximum absolute atomic E-state index is 12.4. The Labute approximate surface area is 84.0 Å². The third-order valence-electron chi connectivity index (χ3n) is 2.37. The number of hydrogen-bond acceptors (Lipinski definition) is 4. The van der Waals surface area contributed by atoms with E-state index in [-0.39, 0.29) is 18.9 Å². The lowest BCUT2D eigenvalue weighted by molar-refractivity contribution is -0.253. The van der Waals surface area contributed by atoms with Crippen LogP contribution in [-0.4, -0.2) is 52.5 Å². The molecule has 1 aliphatic heterocycles. The summed E-state index contributed by atoms with van der Waals surface area (Å²) in [5.74, 6) is -0.179. The molecule has 1 rings (SSSR count). The van der Waals surface area contributed by atoms with E-state index in [1.807, 2.05) is 0 Å². The molecule has 0 bridgehead atoms. The second kappa shape index (κ2) is 3.86. The second-order valence-corrected chi connectivity index (χ2v) is 3.58. The molecule has 5 nitrogen and oxygen atoms in total. The lowest BCUT2D eigenvalue weighted by Gasteiger charge is -2.25. The van der Waals surface area contributed by atoms with Gasteiger partial charge >= 0.3 is 6.18 Å². The molecule has 0 aliphatic carbocycles. The number of hydrogen-bond donors (Lipinski definition) is 3. The molecule has 0 aromatic heterocycles. The summed E-state index contributed by atoms with van der Waals surface area (Å²) in [4.78, 5) is 1.28. The highest BCUT2D eigenvalue weighted by Crippen LogP contribution is 2.37. The fourth-order valence-electron chi connectivity index (χ4n) is 1.50. The molecule has 8 heteroatoms. The Morgan fingerprint density at radius 3 is 2.53 bits per heavy atom. The minimum atomic E-state index is -4.65. The number of halogens is 3. The maximum atomic E-state index is 12.4. The molecule has 0 aromatic carbocycles. The summed E-state index contributed by atoms with van der Waals surface area (Å²) in [6, 6.07) is 0.